The highest BCUT2D eigenvalue weighted by Gasteiger charge is 2.22. The van der Waals surface area contributed by atoms with Crippen molar-refractivity contribution in [3.05, 3.63) is 45.0 Å². The zero-order valence-corrected chi connectivity index (χ0v) is 21.2. The molecule has 4 rings (SSSR count). The van der Waals surface area contributed by atoms with E-state index in [1.165, 1.54) is 27.9 Å². The number of allylic oxidation sites excluding steroid dienone is 1. The first-order valence-corrected chi connectivity index (χ1v) is 13.9. The summed E-state index contributed by atoms with van der Waals surface area (Å²) < 4.78 is 2.00. The van der Waals surface area contributed by atoms with Crippen LogP contribution in [0.1, 0.15) is 53.5 Å². The monoisotopic (exact) mass is 497 g/mol. The van der Waals surface area contributed by atoms with Gasteiger partial charge in [-0.15, -0.1) is 39.4 Å². The lowest BCUT2D eigenvalue weighted by Gasteiger charge is -2.07. The van der Waals surface area contributed by atoms with Gasteiger partial charge in [-0.05, 0) is 43.7 Å². The molecule has 6 nitrogen and oxygen atoms in total. The number of hydrogen-bond acceptors (Lipinski definition) is 7. The van der Waals surface area contributed by atoms with Crippen molar-refractivity contribution in [3.63, 3.8) is 0 Å². The quantitative estimate of drug-likeness (QED) is 0.220. The fourth-order valence-electron chi connectivity index (χ4n) is 4.02. The van der Waals surface area contributed by atoms with Crippen LogP contribution in [0.5, 0.6) is 0 Å². The molecule has 0 saturated heterocycles. The average molecular weight is 498 g/mol. The van der Waals surface area contributed by atoms with Gasteiger partial charge in [-0.2, -0.15) is 5.26 Å². The Morgan fingerprint density at radius 2 is 2.21 bits per heavy atom. The lowest BCUT2D eigenvalue weighted by Crippen LogP contribution is -2.14. The normalized spacial score (nSPS) is 13.2. The molecule has 0 bridgehead atoms. The largest absolute Gasteiger partial charge is 0.316 e. The number of hydrogen-bond donors (Lipinski definition) is 1. The highest BCUT2D eigenvalue weighted by molar-refractivity contribution is 7.99. The van der Waals surface area contributed by atoms with Gasteiger partial charge in [0.1, 0.15) is 11.1 Å². The molecule has 1 amide bonds. The molecule has 1 aliphatic carbocycles. The summed E-state index contributed by atoms with van der Waals surface area (Å²) in [5.74, 6) is 0.863. The topological polar surface area (TPSA) is 83.6 Å². The summed E-state index contributed by atoms with van der Waals surface area (Å²) in [4.78, 5) is 15.3. The summed E-state index contributed by atoms with van der Waals surface area (Å²) in [5, 5.41) is 24.9. The van der Waals surface area contributed by atoms with Crippen LogP contribution >= 0.6 is 34.4 Å². The lowest BCUT2D eigenvalue weighted by molar-refractivity contribution is -0.113. The van der Waals surface area contributed by atoms with Crippen LogP contribution in [0, 0.1) is 11.3 Å². The Morgan fingerprint density at radius 3 is 3.00 bits per heavy atom. The van der Waals surface area contributed by atoms with E-state index in [2.05, 4.69) is 46.5 Å². The minimum absolute atomic E-state index is 0.136. The van der Waals surface area contributed by atoms with Gasteiger partial charge in [0, 0.05) is 27.2 Å². The van der Waals surface area contributed by atoms with Crippen LogP contribution in [0.4, 0.5) is 5.00 Å². The van der Waals surface area contributed by atoms with Crippen molar-refractivity contribution >= 4 is 45.3 Å². The van der Waals surface area contributed by atoms with Crippen LogP contribution in [0.2, 0.25) is 0 Å². The summed E-state index contributed by atoms with van der Waals surface area (Å²) in [6.07, 6.45) is 9.34. The van der Waals surface area contributed by atoms with Crippen molar-refractivity contribution in [2.75, 3.05) is 11.1 Å². The van der Waals surface area contributed by atoms with E-state index in [-0.39, 0.29) is 11.7 Å². The number of nitrogens with zero attached hydrogens (tertiary/aromatic N) is 4. The van der Waals surface area contributed by atoms with Gasteiger partial charge >= 0.3 is 0 Å². The Labute approximate surface area is 206 Å². The SMILES string of the molecule is C=CCn1c(SCC(=O)Nc2sc3c(c2C#N)CCCCC3)nnc1-c1csc(CCC)c1. The summed E-state index contributed by atoms with van der Waals surface area (Å²) in [6.45, 7) is 6.61. The third-order valence-electron chi connectivity index (χ3n) is 5.56. The molecule has 172 valence electrons. The van der Waals surface area contributed by atoms with Gasteiger partial charge in [0.2, 0.25) is 5.91 Å². The Bertz CT molecular complexity index is 1180. The molecule has 9 heteroatoms. The first-order chi connectivity index (χ1) is 16.1. The van der Waals surface area contributed by atoms with Crippen LogP contribution in [-0.4, -0.2) is 26.4 Å². The molecule has 3 heterocycles. The highest BCUT2D eigenvalue weighted by atomic mass is 32.2. The molecule has 0 saturated carbocycles. The van der Waals surface area contributed by atoms with E-state index in [1.54, 1.807) is 22.7 Å². The fourth-order valence-corrected chi connectivity index (χ4v) is 6.99. The molecule has 3 aromatic heterocycles. The standard InChI is InChI=1S/C24H27N5OS3/c1-3-8-17-12-16(14-31-17)22-27-28-24(29(22)11-4-2)32-15-21(30)26-23-19(13-25)18-9-6-5-7-10-20(18)33-23/h4,12,14H,2-3,5-11,15H2,1H3,(H,26,30). The molecule has 1 N–H and O–H groups in total. The number of thioether (sulfide) groups is 1. The van der Waals surface area contributed by atoms with Crippen molar-refractivity contribution in [1.29, 1.82) is 5.26 Å². The van der Waals surface area contributed by atoms with Gasteiger partial charge < -0.3 is 5.32 Å². The van der Waals surface area contributed by atoms with Gasteiger partial charge in [0.25, 0.3) is 0 Å². The molecular formula is C24H27N5OS3. The van der Waals surface area contributed by atoms with Gasteiger partial charge in [-0.1, -0.05) is 37.6 Å². The molecule has 0 atom stereocenters. The number of aryl methyl sites for hydroxylation is 2. The summed E-state index contributed by atoms with van der Waals surface area (Å²) in [7, 11) is 0. The number of aromatic nitrogens is 3. The molecule has 0 spiro atoms. The van der Waals surface area contributed by atoms with Crippen LogP contribution in [0.3, 0.4) is 0 Å². The van der Waals surface area contributed by atoms with Crippen molar-refractivity contribution in [2.45, 2.75) is 63.6 Å². The van der Waals surface area contributed by atoms with E-state index in [9.17, 15) is 10.1 Å². The van der Waals surface area contributed by atoms with Crippen molar-refractivity contribution in [3.8, 4) is 17.5 Å². The number of fused-ring (bicyclic) bond motifs is 1. The van der Waals surface area contributed by atoms with E-state index < -0.39 is 0 Å². The number of carbonyl (C=O) groups is 1. The van der Waals surface area contributed by atoms with Crippen LogP contribution < -0.4 is 5.32 Å². The van der Waals surface area contributed by atoms with Crippen molar-refractivity contribution in [1.82, 2.24) is 14.8 Å². The number of nitrogens with one attached hydrogen (secondary N) is 1. The Kier molecular flexibility index (Phi) is 8.02. The molecule has 0 fully saturated rings. The maximum absolute atomic E-state index is 12.7. The maximum Gasteiger partial charge on any atom is 0.235 e. The maximum atomic E-state index is 12.7. The summed E-state index contributed by atoms with van der Waals surface area (Å²) >= 11 is 4.65. The Balaban J connectivity index is 1.46. The van der Waals surface area contributed by atoms with Crippen LogP contribution in [0.25, 0.3) is 11.4 Å². The third-order valence-corrected chi connectivity index (χ3v) is 8.73. The first-order valence-electron chi connectivity index (χ1n) is 11.2. The number of anilines is 1. The lowest BCUT2D eigenvalue weighted by atomic mass is 10.1. The fraction of sp³-hybridized carbons (Fsp3) is 0.417. The van der Waals surface area contributed by atoms with Gasteiger partial charge in [-0.3, -0.25) is 9.36 Å². The zero-order chi connectivity index (χ0) is 23.2. The van der Waals surface area contributed by atoms with Crippen LogP contribution in [-0.2, 0) is 30.6 Å². The van der Waals surface area contributed by atoms with Gasteiger partial charge in [0.05, 0.1) is 11.3 Å². The summed E-state index contributed by atoms with van der Waals surface area (Å²) in [5.41, 5.74) is 2.83. The molecule has 1 aliphatic rings. The number of thiophene rings is 2. The minimum Gasteiger partial charge on any atom is -0.316 e. The van der Waals surface area contributed by atoms with E-state index in [0.717, 1.165) is 55.5 Å². The second-order valence-corrected chi connectivity index (χ2v) is 11.0. The molecule has 3 aromatic rings. The summed E-state index contributed by atoms with van der Waals surface area (Å²) in [6, 6.07) is 4.49. The molecule has 33 heavy (non-hydrogen) atoms. The number of nitriles is 1. The average Bonchev–Trinajstić information content (AvgIpc) is 3.46. The Hall–Kier alpha value is -2.41. The third kappa shape index (κ3) is 5.40. The first kappa shape index (κ1) is 23.7. The van der Waals surface area contributed by atoms with Crippen molar-refractivity contribution < 1.29 is 4.79 Å². The molecule has 0 unspecified atom stereocenters. The highest BCUT2D eigenvalue weighted by Crippen LogP contribution is 2.37. The predicted molar refractivity (Wildman–Crippen MR) is 137 cm³/mol. The molecule has 0 aliphatic heterocycles. The van der Waals surface area contributed by atoms with E-state index in [0.29, 0.717) is 22.3 Å². The van der Waals surface area contributed by atoms with E-state index in [1.807, 2.05) is 10.6 Å². The van der Waals surface area contributed by atoms with Crippen molar-refractivity contribution in [2.24, 2.45) is 0 Å². The Morgan fingerprint density at radius 1 is 1.36 bits per heavy atom. The van der Waals surface area contributed by atoms with E-state index >= 15 is 0 Å². The van der Waals surface area contributed by atoms with Gasteiger partial charge in [0.15, 0.2) is 11.0 Å². The van der Waals surface area contributed by atoms with E-state index in [4.69, 9.17) is 0 Å². The molecule has 0 aromatic carbocycles. The van der Waals surface area contributed by atoms with Gasteiger partial charge in [-0.25, -0.2) is 0 Å². The molecular weight excluding hydrogens is 470 g/mol. The molecule has 0 radical (unpaired) electrons. The second-order valence-electron chi connectivity index (χ2n) is 7.97. The number of amides is 1. The predicted octanol–water partition coefficient (Wildman–Crippen LogP) is 6.08. The minimum atomic E-state index is -0.136. The number of rotatable bonds is 9. The number of carbonyl (C=O) groups excluding carboxylic acids is 1. The van der Waals surface area contributed by atoms with Crippen LogP contribution in [0.15, 0.2) is 29.3 Å². The second kappa shape index (κ2) is 11.1. The zero-order valence-electron chi connectivity index (χ0n) is 18.7. The smallest absolute Gasteiger partial charge is 0.235 e.